The first kappa shape index (κ1) is 20.3. The number of hydrogen-bond donors (Lipinski definition) is 2. The molecule has 0 bridgehead atoms. The third-order valence-corrected chi connectivity index (χ3v) is 5.05. The average molecular weight is 437 g/mol. The van der Waals surface area contributed by atoms with Crippen LogP contribution < -0.4 is 10.1 Å². The van der Waals surface area contributed by atoms with E-state index in [9.17, 15) is 9.59 Å². The first-order chi connectivity index (χ1) is 13.3. The van der Waals surface area contributed by atoms with Crippen molar-refractivity contribution in [3.63, 3.8) is 0 Å². The summed E-state index contributed by atoms with van der Waals surface area (Å²) in [5.41, 5.74) is 2.43. The van der Waals surface area contributed by atoms with Gasteiger partial charge < -0.3 is 15.2 Å². The maximum atomic E-state index is 12.2. The SMILES string of the molecule is Cc1ccc(N=C2NC(=O)/C(=C/c3cc(Cl)c(OCC(=O)O)c(Cl)c3)S2)cc1. The number of aryl methyl sites for hydroxylation is 1. The molecule has 0 aromatic heterocycles. The van der Waals surface area contributed by atoms with E-state index < -0.39 is 12.6 Å². The van der Waals surface area contributed by atoms with E-state index in [-0.39, 0.29) is 21.7 Å². The summed E-state index contributed by atoms with van der Waals surface area (Å²) in [5, 5.41) is 12.2. The second-order valence-electron chi connectivity index (χ2n) is 5.81. The molecule has 3 rings (SSSR count). The van der Waals surface area contributed by atoms with Crippen LogP contribution in [-0.2, 0) is 9.59 Å². The Hall–Kier alpha value is -2.48. The molecule has 2 aromatic carbocycles. The van der Waals surface area contributed by atoms with Gasteiger partial charge in [-0.05, 0) is 54.6 Å². The van der Waals surface area contributed by atoms with Gasteiger partial charge in [-0.25, -0.2) is 9.79 Å². The number of hydrogen-bond acceptors (Lipinski definition) is 5. The maximum absolute atomic E-state index is 12.2. The number of rotatable bonds is 5. The molecular formula is C19H14Cl2N2O4S. The van der Waals surface area contributed by atoms with Gasteiger partial charge in [0.2, 0.25) is 0 Å². The lowest BCUT2D eigenvalue weighted by Gasteiger charge is -2.09. The Bertz CT molecular complexity index is 980. The molecule has 144 valence electrons. The smallest absolute Gasteiger partial charge is 0.341 e. The molecule has 9 heteroatoms. The number of carboxylic acids is 1. The van der Waals surface area contributed by atoms with E-state index in [0.717, 1.165) is 11.3 Å². The van der Waals surface area contributed by atoms with Gasteiger partial charge in [0.15, 0.2) is 17.5 Å². The van der Waals surface area contributed by atoms with Gasteiger partial charge in [0.05, 0.1) is 20.6 Å². The lowest BCUT2D eigenvalue weighted by atomic mass is 10.2. The number of benzene rings is 2. The van der Waals surface area contributed by atoms with E-state index in [4.69, 9.17) is 33.0 Å². The summed E-state index contributed by atoms with van der Waals surface area (Å²) in [6.07, 6.45) is 1.62. The average Bonchev–Trinajstić information content (AvgIpc) is 2.95. The summed E-state index contributed by atoms with van der Waals surface area (Å²) in [6, 6.07) is 10.7. The van der Waals surface area contributed by atoms with Crippen molar-refractivity contribution in [3.05, 3.63) is 62.5 Å². The summed E-state index contributed by atoms with van der Waals surface area (Å²) in [7, 11) is 0. The number of nitrogens with one attached hydrogen (secondary N) is 1. The summed E-state index contributed by atoms with van der Waals surface area (Å²) >= 11 is 13.5. The van der Waals surface area contributed by atoms with Gasteiger partial charge in [0.25, 0.3) is 5.91 Å². The van der Waals surface area contributed by atoms with Crippen molar-refractivity contribution in [2.45, 2.75) is 6.92 Å². The molecule has 1 saturated heterocycles. The summed E-state index contributed by atoms with van der Waals surface area (Å²) in [4.78, 5) is 27.7. The molecule has 1 amide bonds. The predicted octanol–water partition coefficient (Wildman–Crippen LogP) is 4.66. The highest BCUT2D eigenvalue weighted by Crippen LogP contribution is 2.36. The zero-order chi connectivity index (χ0) is 20.3. The van der Waals surface area contributed by atoms with Crippen LogP contribution in [0.25, 0.3) is 6.08 Å². The molecule has 28 heavy (non-hydrogen) atoms. The van der Waals surface area contributed by atoms with E-state index >= 15 is 0 Å². The van der Waals surface area contributed by atoms with E-state index in [1.165, 1.54) is 11.8 Å². The number of thioether (sulfide) groups is 1. The Morgan fingerprint density at radius 1 is 1.25 bits per heavy atom. The van der Waals surface area contributed by atoms with Crippen LogP contribution >= 0.6 is 35.0 Å². The fraction of sp³-hybridized carbons (Fsp3) is 0.105. The van der Waals surface area contributed by atoms with Crippen molar-refractivity contribution in [2.24, 2.45) is 4.99 Å². The fourth-order valence-corrected chi connectivity index (χ4v) is 3.76. The van der Waals surface area contributed by atoms with Crippen molar-refractivity contribution < 1.29 is 19.4 Å². The highest BCUT2D eigenvalue weighted by atomic mass is 35.5. The molecule has 2 aromatic rings. The maximum Gasteiger partial charge on any atom is 0.341 e. The minimum atomic E-state index is -1.14. The largest absolute Gasteiger partial charge is 0.479 e. The molecule has 1 fully saturated rings. The highest BCUT2D eigenvalue weighted by molar-refractivity contribution is 8.18. The molecule has 1 aliphatic heterocycles. The number of carbonyl (C=O) groups excluding carboxylic acids is 1. The van der Waals surface area contributed by atoms with Crippen LogP contribution in [0.1, 0.15) is 11.1 Å². The summed E-state index contributed by atoms with van der Waals surface area (Å²) in [5.74, 6) is -1.34. The molecule has 0 spiro atoms. The van der Waals surface area contributed by atoms with Gasteiger partial charge in [-0.1, -0.05) is 40.9 Å². The molecular weight excluding hydrogens is 423 g/mol. The Balaban J connectivity index is 1.80. The molecule has 1 aliphatic rings. The zero-order valence-electron chi connectivity index (χ0n) is 14.5. The Kier molecular flexibility index (Phi) is 6.28. The number of halogens is 2. The standard InChI is InChI=1S/C19H14Cl2N2O4S/c1-10-2-4-12(5-3-10)22-19-23-18(26)15(28-19)8-11-6-13(20)17(14(21)7-11)27-9-16(24)25/h2-8H,9H2,1H3,(H,24,25)(H,22,23,26)/b15-8-. The monoisotopic (exact) mass is 436 g/mol. The quantitative estimate of drug-likeness (QED) is 0.665. The van der Waals surface area contributed by atoms with Crippen LogP contribution in [0.3, 0.4) is 0 Å². The second-order valence-corrected chi connectivity index (χ2v) is 7.66. The number of carboxylic acid groups (broad SMARTS) is 1. The Labute approximate surface area is 175 Å². The first-order valence-electron chi connectivity index (χ1n) is 8.02. The van der Waals surface area contributed by atoms with E-state index in [0.29, 0.717) is 15.6 Å². The van der Waals surface area contributed by atoms with Gasteiger partial charge in [0.1, 0.15) is 0 Å². The number of aliphatic imine (C=N–C) groups is 1. The van der Waals surface area contributed by atoms with Crippen molar-refractivity contribution in [2.75, 3.05) is 6.61 Å². The van der Waals surface area contributed by atoms with Crippen LogP contribution in [0.15, 0.2) is 46.3 Å². The first-order valence-corrected chi connectivity index (χ1v) is 9.59. The van der Waals surface area contributed by atoms with Crippen LogP contribution in [0.5, 0.6) is 5.75 Å². The van der Waals surface area contributed by atoms with E-state index in [2.05, 4.69) is 10.3 Å². The summed E-state index contributed by atoms with van der Waals surface area (Å²) < 4.78 is 5.08. The molecule has 2 N–H and O–H groups in total. The van der Waals surface area contributed by atoms with Crippen LogP contribution in [0, 0.1) is 6.92 Å². The normalized spacial score (nSPS) is 16.5. The third kappa shape index (κ3) is 5.07. The molecule has 0 unspecified atom stereocenters. The van der Waals surface area contributed by atoms with Crippen LogP contribution in [-0.4, -0.2) is 28.8 Å². The van der Waals surface area contributed by atoms with Crippen LogP contribution in [0.2, 0.25) is 10.0 Å². The number of amidine groups is 1. The molecule has 0 saturated carbocycles. The van der Waals surface area contributed by atoms with Gasteiger partial charge in [-0.2, -0.15) is 0 Å². The number of aliphatic carboxylic acids is 1. The number of carbonyl (C=O) groups is 2. The van der Waals surface area contributed by atoms with Crippen LogP contribution in [0.4, 0.5) is 5.69 Å². The molecule has 0 atom stereocenters. The van der Waals surface area contributed by atoms with E-state index in [1.54, 1.807) is 18.2 Å². The highest BCUT2D eigenvalue weighted by Gasteiger charge is 2.24. The van der Waals surface area contributed by atoms with Crippen molar-refractivity contribution in [3.8, 4) is 5.75 Å². The second kappa shape index (κ2) is 8.68. The van der Waals surface area contributed by atoms with Crippen molar-refractivity contribution in [1.82, 2.24) is 5.32 Å². The van der Waals surface area contributed by atoms with Gasteiger partial charge in [-0.15, -0.1) is 0 Å². The number of amides is 1. The lowest BCUT2D eigenvalue weighted by Crippen LogP contribution is -2.19. The van der Waals surface area contributed by atoms with Gasteiger partial charge in [0, 0.05) is 0 Å². The van der Waals surface area contributed by atoms with Gasteiger partial charge in [-0.3, -0.25) is 4.79 Å². The topological polar surface area (TPSA) is 88.0 Å². The zero-order valence-corrected chi connectivity index (χ0v) is 16.9. The van der Waals surface area contributed by atoms with Crippen molar-refractivity contribution >= 4 is 63.8 Å². The fourth-order valence-electron chi connectivity index (χ4n) is 2.30. The van der Waals surface area contributed by atoms with Crippen molar-refractivity contribution in [1.29, 1.82) is 0 Å². The molecule has 1 heterocycles. The number of nitrogens with zero attached hydrogens (tertiary/aromatic N) is 1. The third-order valence-electron chi connectivity index (χ3n) is 3.57. The molecule has 6 nitrogen and oxygen atoms in total. The Morgan fingerprint density at radius 3 is 2.50 bits per heavy atom. The molecule has 0 aliphatic carbocycles. The Morgan fingerprint density at radius 2 is 1.89 bits per heavy atom. The van der Waals surface area contributed by atoms with E-state index in [1.807, 2.05) is 31.2 Å². The summed E-state index contributed by atoms with van der Waals surface area (Å²) in [6.45, 7) is 1.43. The lowest BCUT2D eigenvalue weighted by molar-refractivity contribution is -0.139. The number of ether oxygens (including phenoxy) is 1. The minimum absolute atomic E-state index is 0.0815. The molecule has 0 radical (unpaired) electrons. The predicted molar refractivity (Wildman–Crippen MR) is 112 cm³/mol. The minimum Gasteiger partial charge on any atom is -0.479 e. The van der Waals surface area contributed by atoms with Gasteiger partial charge >= 0.3 is 5.97 Å².